The van der Waals surface area contributed by atoms with Crippen LogP contribution in [0.25, 0.3) is 11.1 Å². The van der Waals surface area contributed by atoms with E-state index in [0.717, 1.165) is 48.1 Å². The lowest BCUT2D eigenvalue weighted by Gasteiger charge is -2.38. The predicted molar refractivity (Wildman–Crippen MR) is 115 cm³/mol. The number of carbonyl (C=O) groups excluding carboxylic acids is 1. The molecule has 0 radical (unpaired) electrons. The van der Waals surface area contributed by atoms with Crippen molar-refractivity contribution in [2.45, 2.75) is 38.1 Å². The van der Waals surface area contributed by atoms with Crippen molar-refractivity contribution in [3.8, 4) is 16.9 Å². The maximum atomic E-state index is 12.4. The van der Waals surface area contributed by atoms with Crippen molar-refractivity contribution in [1.82, 2.24) is 15.3 Å². The van der Waals surface area contributed by atoms with Gasteiger partial charge in [0.2, 0.25) is 5.91 Å². The number of nitrogens with one attached hydrogen (secondary N) is 1. The van der Waals surface area contributed by atoms with Gasteiger partial charge in [0.05, 0.1) is 12.5 Å². The van der Waals surface area contributed by atoms with Gasteiger partial charge in [-0.25, -0.2) is 9.97 Å². The van der Waals surface area contributed by atoms with Gasteiger partial charge in [-0.05, 0) is 62.4 Å². The van der Waals surface area contributed by atoms with Crippen LogP contribution < -0.4 is 15.8 Å². The van der Waals surface area contributed by atoms with Crippen LogP contribution in [0, 0.1) is 5.41 Å². The fourth-order valence-electron chi connectivity index (χ4n) is 3.88. The summed E-state index contributed by atoms with van der Waals surface area (Å²) >= 11 is 0. The number of benzene rings is 1. The summed E-state index contributed by atoms with van der Waals surface area (Å²) in [5, 5.41) is 3.31. The average Bonchev–Trinajstić information content (AvgIpc) is 2.69. The molecule has 0 atom stereocenters. The Kier molecular flexibility index (Phi) is 9.14. The van der Waals surface area contributed by atoms with E-state index in [2.05, 4.69) is 21.4 Å². The first-order chi connectivity index (χ1) is 12.6. The Hall–Kier alpha value is -1.89. The Bertz CT molecular complexity index is 766. The van der Waals surface area contributed by atoms with Gasteiger partial charge < -0.3 is 15.8 Å². The van der Waals surface area contributed by atoms with E-state index in [-0.39, 0.29) is 30.7 Å². The molecule has 1 aromatic carbocycles. The summed E-state index contributed by atoms with van der Waals surface area (Å²) < 4.78 is 5.55. The maximum absolute atomic E-state index is 12.4. The van der Waals surface area contributed by atoms with Gasteiger partial charge in [-0.3, -0.25) is 4.79 Å². The van der Waals surface area contributed by atoms with Gasteiger partial charge >= 0.3 is 0 Å². The third-order valence-corrected chi connectivity index (χ3v) is 5.58. The number of hydrogen-bond donors (Lipinski definition) is 2. The van der Waals surface area contributed by atoms with Crippen LogP contribution >= 0.6 is 24.8 Å². The fourth-order valence-corrected chi connectivity index (χ4v) is 3.88. The minimum atomic E-state index is -0.521. The number of ether oxygens (including phenoxy) is 1. The second-order valence-corrected chi connectivity index (χ2v) is 7.04. The normalized spacial score (nSPS) is 21.1. The smallest absolute Gasteiger partial charge is 0.223 e. The monoisotopic (exact) mass is 426 g/mol. The quantitative estimate of drug-likeness (QED) is 0.739. The molecule has 0 saturated heterocycles. The number of methoxy groups -OCH3 is 1. The van der Waals surface area contributed by atoms with E-state index >= 15 is 0 Å². The largest absolute Gasteiger partial charge is 0.496 e. The first-order valence-electron chi connectivity index (χ1n) is 8.97. The Morgan fingerprint density at radius 2 is 1.86 bits per heavy atom. The molecule has 8 heteroatoms. The summed E-state index contributed by atoms with van der Waals surface area (Å²) in [4.78, 5) is 20.5. The summed E-state index contributed by atoms with van der Waals surface area (Å²) in [6.07, 6.45) is 9.13. The van der Waals surface area contributed by atoms with Crippen LogP contribution in [-0.2, 0) is 11.2 Å². The Labute approximate surface area is 178 Å². The molecule has 1 aromatic heterocycles. The number of carbonyl (C=O) groups is 1. The van der Waals surface area contributed by atoms with Crippen molar-refractivity contribution in [3.63, 3.8) is 0 Å². The van der Waals surface area contributed by atoms with E-state index in [1.54, 1.807) is 19.5 Å². The lowest BCUT2D eigenvalue weighted by molar-refractivity contribution is -0.129. The van der Waals surface area contributed by atoms with Gasteiger partial charge in [0.15, 0.2) is 0 Å². The molecule has 1 heterocycles. The zero-order valence-corrected chi connectivity index (χ0v) is 17.8. The molecule has 3 rings (SSSR count). The predicted octanol–water partition coefficient (Wildman–Crippen LogP) is 3.17. The Morgan fingerprint density at radius 3 is 2.39 bits per heavy atom. The lowest BCUT2D eigenvalue weighted by atomic mass is 9.68. The molecule has 1 saturated carbocycles. The van der Waals surface area contributed by atoms with Crippen LogP contribution in [0.2, 0.25) is 0 Å². The van der Waals surface area contributed by atoms with Gasteiger partial charge in [-0.15, -0.1) is 24.8 Å². The van der Waals surface area contributed by atoms with Gasteiger partial charge in [0, 0.05) is 24.0 Å². The van der Waals surface area contributed by atoms with Crippen molar-refractivity contribution >= 4 is 30.7 Å². The number of hydrogen-bond acceptors (Lipinski definition) is 5. The van der Waals surface area contributed by atoms with Gasteiger partial charge in [0.25, 0.3) is 0 Å². The molecule has 0 bridgehead atoms. The van der Waals surface area contributed by atoms with Crippen molar-refractivity contribution in [1.29, 1.82) is 0 Å². The van der Waals surface area contributed by atoms with E-state index in [4.69, 9.17) is 10.5 Å². The highest BCUT2D eigenvalue weighted by Crippen LogP contribution is 2.41. The SMILES string of the molecule is CNC1CCC(Cc2cc(-c3cncnc3)ccc2OC)(C(N)=O)CC1.Cl.Cl. The van der Waals surface area contributed by atoms with Crippen molar-refractivity contribution in [3.05, 3.63) is 42.5 Å². The zero-order chi connectivity index (χ0) is 18.6. The molecule has 0 aliphatic heterocycles. The molecule has 1 amide bonds. The Balaban J connectivity index is 0.00000196. The lowest BCUT2D eigenvalue weighted by Crippen LogP contribution is -2.45. The van der Waals surface area contributed by atoms with E-state index in [9.17, 15) is 4.79 Å². The highest BCUT2D eigenvalue weighted by molar-refractivity contribution is 5.85. The van der Waals surface area contributed by atoms with E-state index in [0.29, 0.717) is 12.5 Å². The summed E-state index contributed by atoms with van der Waals surface area (Å²) in [6.45, 7) is 0. The van der Waals surface area contributed by atoms with Crippen LogP contribution in [0.3, 0.4) is 0 Å². The minimum Gasteiger partial charge on any atom is -0.496 e. The molecule has 0 spiro atoms. The maximum Gasteiger partial charge on any atom is 0.223 e. The number of nitrogens with zero attached hydrogens (tertiary/aromatic N) is 2. The second kappa shape index (κ2) is 10.6. The third kappa shape index (κ3) is 5.13. The van der Waals surface area contributed by atoms with Crippen molar-refractivity contribution in [2.24, 2.45) is 11.1 Å². The van der Waals surface area contributed by atoms with Gasteiger partial charge in [0.1, 0.15) is 12.1 Å². The minimum absolute atomic E-state index is 0. The zero-order valence-electron chi connectivity index (χ0n) is 16.2. The van der Waals surface area contributed by atoms with Crippen LogP contribution in [0.1, 0.15) is 31.2 Å². The van der Waals surface area contributed by atoms with Crippen LogP contribution in [0.15, 0.2) is 36.9 Å². The number of rotatable bonds is 6. The first-order valence-corrected chi connectivity index (χ1v) is 8.97. The second-order valence-electron chi connectivity index (χ2n) is 7.04. The molecule has 6 nitrogen and oxygen atoms in total. The van der Waals surface area contributed by atoms with E-state index < -0.39 is 5.41 Å². The highest BCUT2D eigenvalue weighted by Gasteiger charge is 2.40. The van der Waals surface area contributed by atoms with Crippen LogP contribution in [-0.4, -0.2) is 36.1 Å². The molecule has 154 valence electrons. The molecule has 28 heavy (non-hydrogen) atoms. The molecule has 3 N–H and O–H groups in total. The Morgan fingerprint density at radius 1 is 1.21 bits per heavy atom. The van der Waals surface area contributed by atoms with Crippen molar-refractivity contribution in [2.75, 3.05) is 14.2 Å². The fraction of sp³-hybridized carbons (Fsp3) is 0.450. The van der Waals surface area contributed by atoms with Crippen LogP contribution in [0.5, 0.6) is 5.75 Å². The van der Waals surface area contributed by atoms with E-state index in [1.165, 1.54) is 6.33 Å². The molecule has 1 aliphatic rings. The summed E-state index contributed by atoms with van der Waals surface area (Å²) in [6, 6.07) is 6.44. The van der Waals surface area contributed by atoms with Crippen molar-refractivity contribution < 1.29 is 9.53 Å². The summed E-state index contributed by atoms with van der Waals surface area (Å²) in [5.41, 5.74) is 8.27. The average molecular weight is 427 g/mol. The molecule has 2 aromatic rings. The first kappa shape index (κ1) is 24.1. The molecular weight excluding hydrogens is 399 g/mol. The van der Waals surface area contributed by atoms with Gasteiger partial charge in [-0.2, -0.15) is 0 Å². The number of primary amides is 1. The molecule has 1 fully saturated rings. The van der Waals surface area contributed by atoms with Crippen LogP contribution in [0.4, 0.5) is 0 Å². The molecular formula is C20H28Cl2N4O2. The standard InChI is InChI=1S/C20H26N4O2.2ClH/c1-22-17-5-7-20(8-6-17,19(21)25)10-15-9-14(3-4-18(15)26-2)16-11-23-13-24-12-16;;/h3-4,9,11-13,17,22H,5-8,10H2,1-2H3,(H2,21,25);2*1H. The molecule has 0 unspecified atom stereocenters. The highest BCUT2D eigenvalue weighted by atomic mass is 35.5. The number of halogens is 2. The number of nitrogens with two attached hydrogens (primary N) is 1. The summed E-state index contributed by atoms with van der Waals surface area (Å²) in [7, 11) is 3.62. The topological polar surface area (TPSA) is 90.1 Å². The summed E-state index contributed by atoms with van der Waals surface area (Å²) in [5.74, 6) is 0.560. The molecule has 1 aliphatic carbocycles. The third-order valence-electron chi connectivity index (χ3n) is 5.58. The van der Waals surface area contributed by atoms with E-state index in [1.807, 2.05) is 19.2 Å². The van der Waals surface area contributed by atoms with Gasteiger partial charge in [-0.1, -0.05) is 6.07 Å². The number of aromatic nitrogens is 2. The number of amides is 1.